The second kappa shape index (κ2) is 26.8. The molecule has 1 aliphatic heterocycles. The van der Waals surface area contributed by atoms with Crippen LogP contribution in [-0.4, -0.2) is 109 Å². The van der Waals surface area contributed by atoms with Crippen LogP contribution in [0.25, 0.3) is 0 Å². The lowest BCUT2D eigenvalue weighted by molar-refractivity contribution is -0.162. The Hall–Kier alpha value is -4.49. The molecule has 3 atom stereocenters. The first kappa shape index (κ1) is 49.2. The van der Waals surface area contributed by atoms with E-state index in [1.54, 1.807) is 25.2 Å². The van der Waals surface area contributed by atoms with Crippen LogP contribution in [0.4, 0.5) is 0 Å². The van der Waals surface area contributed by atoms with Gasteiger partial charge in [-0.15, -0.1) is 0 Å². The molecule has 0 aromatic heterocycles. The molecule has 0 aliphatic carbocycles. The van der Waals surface area contributed by atoms with E-state index in [1.807, 2.05) is 51.1 Å². The van der Waals surface area contributed by atoms with Crippen LogP contribution in [0, 0.1) is 20.8 Å². The molecule has 4 rings (SSSR count). The number of aryl methyl sites for hydroxylation is 4. The van der Waals surface area contributed by atoms with Crippen LogP contribution in [0.2, 0.25) is 0 Å². The third-order valence-corrected chi connectivity index (χ3v) is 11.1. The molecule has 1 amide bonds. The Labute approximate surface area is 363 Å². The second-order valence-corrected chi connectivity index (χ2v) is 15.5. The molecule has 3 aromatic carbocycles. The number of ether oxygens (including phenoxy) is 8. The van der Waals surface area contributed by atoms with Crippen LogP contribution in [0.5, 0.6) is 17.2 Å². The summed E-state index contributed by atoms with van der Waals surface area (Å²) in [5.41, 5.74) is 6.01. The van der Waals surface area contributed by atoms with Gasteiger partial charge in [0.2, 0.25) is 5.91 Å². The molecular formula is C49H69NO11. The minimum absolute atomic E-state index is 0.0390. The topological polar surface area (TPSA) is 128 Å². The lowest BCUT2D eigenvalue weighted by Gasteiger charge is -2.37. The van der Waals surface area contributed by atoms with Crippen molar-refractivity contribution in [1.82, 2.24) is 4.90 Å². The standard InChI is InChI=1S/C49H69NO11/c1-8-43(40-31-37(5)47(55-7)46(33-40)54-6)48(52)50-22-11-10-17-44(50)49(53)61-45(21-20-38-19-18-35(3)36(4)30-38)39-14-12-16-42(32-39)60-34-41(51)15-13-23-57-26-27-59-29-28-58-25-24-56-9-2/h12,14,16,18-19,30-33,43-45H,8-11,13,15,17,20-29,34H2,1-7H3/t43-,44-,45?/m0/s1. The van der Waals surface area contributed by atoms with Gasteiger partial charge in [0, 0.05) is 26.2 Å². The number of amides is 1. The summed E-state index contributed by atoms with van der Waals surface area (Å²) in [6, 6.07) is 16.9. The summed E-state index contributed by atoms with van der Waals surface area (Å²) in [4.78, 5) is 43.2. The number of esters is 1. The molecule has 3 aromatic rings. The summed E-state index contributed by atoms with van der Waals surface area (Å²) >= 11 is 0. The number of hydrogen-bond acceptors (Lipinski definition) is 11. The first-order chi connectivity index (χ1) is 29.6. The predicted octanol–water partition coefficient (Wildman–Crippen LogP) is 8.24. The van der Waals surface area contributed by atoms with Gasteiger partial charge in [0.15, 0.2) is 17.3 Å². The molecule has 12 nitrogen and oxygen atoms in total. The van der Waals surface area contributed by atoms with Crippen molar-refractivity contribution in [2.24, 2.45) is 0 Å². The summed E-state index contributed by atoms with van der Waals surface area (Å²) in [5.74, 6) is 0.676. The molecule has 1 saturated heterocycles. The number of hydrogen-bond donors (Lipinski definition) is 0. The van der Waals surface area contributed by atoms with Crippen LogP contribution in [0.1, 0.15) is 104 Å². The number of ketones is 1. The van der Waals surface area contributed by atoms with Crippen molar-refractivity contribution in [2.75, 3.05) is 80.2 Å². The highest BCUT2D eigenvalue weighted by atomic mass is 16.6. The molecule has 1 unspecified atom stereocenters. The molecule has 1 aliphatic rings. The highest BCUT2D eigenvalue weighted by Crippen LogP contribution is 2.37. The molecule has 12 heteroatoms. The lowest BCUT2D eigenvalue weighted by Crippen LogP contribution is -2.50. The van der Waals surface area contributed by atoms with E-state index in [0.29, 0.717) is 115 Å². The molecule has 0 saturated carbocycles. The van der Waals surface area contributed by atoms with Crippen molar-refractivity contribution >= 4 is 17.7 Å². The smallest absolute Gasteiger partial charge is 0.329 e. The number of rotatable bonds is 28. The van der Waals surface area contributed by atoms with Gasteiger partial charge in [-0.05, 0) is 124 Å². The maximum atomic E-state index is 14.4. The van der Waals surface area contributed by atoms with Crippen LogP contribution in [-0.2, 0) is 44.5 Å². The van der Waals surface area contributed by atoms with E-state index < -0.39 is 24.0 Å². The normalized spacial score (nSPS) is 14.9. The van der Waals surface area contributed by atoms with Crippen LogP contribution >= 0.6 is 0 Å². The average Bonchev–Trinajstić information content (AvgIpc) is 3.27. The molecular weight excluding hydrogens is 779 g/mol. The van der Waals surface area contributed by atoms with Crippen molar-refractivity contribution in [2.45, 2.75) is 104 Å². The van der Waals surface area contributed by atoms with Crippen molar-refractivity contribution < 1.29 is 52.3 Å². The molecule has 336 valence electrons. The van der Waals surface area contributed by atoms with Gasteiger partial charge in [-0.3, -0.25) is 9.59 Å². The summed E-state index contributed by atoms with van der Waals surface area (Å²) < 4.78 is 45.3. The number of carbonyl (C=O) groups excluding carboxylic acids is 3. The fourth-order valence-corrected chi connectivity index (χ4v) is 7.56. The zero-order chi connectivity index (χ0) is 44.0. The van der Waals surface area contributed by atoms with E-state index >= 15 is 0 Å². The van der Waals surface area contributed by atoms with Crippen LogP contribution in [0.3, 0.4) is 0 Å². The SMILES string of the molecule is CCOCCOCCOCCOCCCC(=O)COc1cccc(C(CCc2ccc(C)c(C)c2)OC(=O)[C@@H]2CCCCN2C(=O)[C@@H](CC)c2cc(C)c(OC)c(OC)c2)c1. The highest BCUT2D eigenvalue weighted by Gasteiger charge is 2.38. The van der Waals surface area contributed by atoms with Gasteiger partial charge in [0.1, 0.15) is 24.5 Å². The molecule has 0 bridgehead atoms. The van der Waals surface area contributed by atoms with Crippen LogP contribution < -0.4 is 14.2 Å². The maximum absolute atomic E-state index is 14.4. The number of benzene rings is 3. The lowest BCUT2D eigenvalue weighted by atomic mass is 9.91. The zero-order valence-electron chi connectivity index (χ0n) is 37.6. The number of methoxy groups -OCH3 is 2. The monoisotopic (exact) mass is 847 g/mol. The Morgan fingerprint density at radius 3 is 2.15 bits per heavy atom. The van der Waals surface area contributed by atoms with E-state index in [4.69, 9.17) is 37.9 Å². The van der Waals surface area contributed by atoms with Gasteiger partial charge in [0.05, 0.1) is 59.8 Å². The first-order valence-electron chi connectivity index (χ1n) is 21.9. The first-order valence-corrected chi connectivity index (χ1v) is 21.9. The van der Waals surface area contributed by atoms with Gasteiger partial charge in [0.25, 0.3) is 0 Å². The number of Topliss-reactive ketones (excluding diaryl/α,β-unsaturated/α-hetero) is 1. The summed E-state index contributed by atoms with van der Waals surface area (Å²) in [5, 5.41) is 0. The number of nitrogens with zero attached hydrogens (tertiary/aromatic N) is 1. The number of likely N-dealkylation sites (tertiary alicyclic amines) is 1. The zero-order valence-corrected chi connectivity index (χ0v) is 37.6. The third kappa shape index (κ3) is 15.7. The molecule has 0 radical (unpaired) electrons. The Balaban J connectivity index is 1.38. The molecule has 1 fully saturated rings. The van der Waals surface area contributed by atoms with E-state index in [9.17, 15) is 14.4 Å². The molecule has 0 spiro atoms. The van der Waals surface area contributed by atoms with Gasteiger partial charge < -0.3 is 42.8 Å². The number of carbonyl (C=O) groups is 3. The Morgan fingerprint density at radius 1 is 0.754 bits per heavy atom. The largest absolute Gasteiger partial charge is 0.493 e. The molecule has 61 heavy (non-hydrogen) atoms. The quantitative estimate of drug-likeness (QED) is 0.0518. The average molecular weight is 848 g/mol. The molecule has 1 heterocycles. The highest BCUT2D eigenvalue weighted by molar-refractivity contribution is 5.89. The Kier molecular flexibility index (Phi) is 21.6. The Morgan fingerprint density at radius 2 is 1.48 bits per heavy atom. The van der Waals surface area contributed by atoms with E-state index in [0.717, 1.165) is 35.1 Å². The van der Waals surface area contributed by atoms with Gasteiger partial charge in [-0.25, -0.2) is 4.79 Å². The van der Waals surface area contributed by atoms with Crippen molar-refractivity contribution in [3.05, 3.63) is 88.0 Å². The fourth-order valence-electron chi connectivity index (χ4n) is 7.56. The van der Waals surface area contributed by atoms with E-state index in [2.05, 4.69) is 32.0 Å². The maximum Gasteiger partial charge on any atom is 0.329 e. The van der Waals surface area contributed by atoms with Crippen molar-refractivity contribution in [1.29, 1.82) is 0 Å². The third-order valence-electron chi connectivity index (χ3n) is 11.1. The van der Waals surface area contributed by atoms with Crippen molar-refractivity contribution in [3.8, 4) is 17.2 Å². The number of piperidine rings is 1. The molecule has 0 N–H and O–H groups in total. The van der Waals surface area contributed by atoms with Crippen LogP contribution in [0.15, 0.2) is 54.6 Å². The van der Waals surface area contributed by atoms with Gasteiger partial charge in [-0.1, -0.05) is 43.3 Å². The summed E-state index contributed by atoms with van der Waals surface area (Å²) in [6.07, 6.45) is 4.17. The fraction of sp³-hybridized carbons (Fsp3) is 0.571. The minimum atomic E-state index is -0.718. The Bertz CT molecular complexity index is 1810. The second-order valence-electron chi connectivity index (χ2n) is 15.5. The minimum Gasteiger partial charge on any atom is -0.493 e. The van der Waals surface area contributed by atoms with Gasteiger partial charge in [-0.2, -0.15) is 0 Å². The summed E-state index contributed by atoms with van der Waals surface area (Å²) in [7, 11) is 3.18. The van der Waals surface area contributed by atoms with E-state index in [1.165, 1.54) is 11.1 Å². The van der Waals surface area contributed by atoms with E-state index in [-0.39, 0.29) is 18.3 Å². The van der Waals surface area contributed by atoms with Crippen molar-refractivity contribution in [3.63, 3.8) is 0 Å². The summed E-state index contributed by atoms with van der Waals surface area (Å²) in [6.45, 7) is 14.6. The van der Waals surface area contributed by atoms with Gasteiger partial charge >= 0.3 is 5.97 Å². The predicted molar refractivity (Wildman–Crippen MR) is 235 cm³/mol.